The summed E-state index contributed by atoms with van der Waals surface area (Å²) in [5.41, 5.74) is -0.112. The van der Waals surface area contributed by atoms with Crippen molar-refractivity contribution in [2.24, 2.45) is 5.92 Å². The molecule has 0 rings (SSSR count). The number of ether oxygens (including phenoxy) is 1. The first-order valence-corrected chi connectivity index (χ1v) is 6.33. The van der Waals surface area contributed by atoms with E-state index in [9.17, 15) is 14.4 Å². The van der Waals surface area contributed by atoms with Gasteiger partial charge in [0, 0.05) is 24.3 Å². The molecule has 20 heavy (non-hydrogen) atoms. The predicted octanol–water partition coefficient (Wildman–Crippen LogP) is 0.906. The minimum Gasteiger partial charge on any atom is -0.478 e. The van der Waals surface area contributed by atoms with Crippen molar-refractivity contribution in [3.05, 3.63) is 11.1 Å². The van der Waals surface area contributed by atoms with Crippen molar-refractivity contribution in [1.29, 1.82) is 0 Å². The molecule has 7 heteroatoms. The maximum absolute atomic E-state index is 11.6. The number of hydrogen-bond acceptors (Lipinski definition) is 4. The monoisotopic (exact) mass is 286 g/mol. The molecular weight excluding hydrogens is 264 g/mol. The number of carboxylic acid groups (broad SMARTS) is 1. The van der Waals surface area contributed by atoms with E-state index in [-0.39, 0.29) is 17.7 Å². The van der Waals surface area contributed by atoms with E-state index in [0.717, 1.165) is 0 Å². The van der Waals surface area contributed by atoms with Gasteiger partial charge in [-0.05, 0) is 19.8 Å². The number of carbonyl (C=O) groups is 3. The van der Waals surface area contributed by atoms with Gasteiger partial charge in [0.15, 0.2) is 0 Å². The standard InChI is InChI=1S/C13H22N2O5/c1-8(2)7-20-6-5-14-13(19)15-11(16)9(3)10(4)12(17)18/h8H,5-7H2,1-4H3,(H,17,18)(H2,14,15,16,19). The van der Waals surface area contributed by atoms with Gasteiger partial charge >= 0.3 is 12.0 Å². The molecule has 0 atom stereocenters. The highest BCUT2D eigenvalue weighted by molar-refractivity contribution is 6.07. The van der Waals surface area contributed by atoms with E-state index in [1.165, 1.54) is 13.8 Å². The average Bonchev–Trinajstić information content (AvgIpc) is 2.35. The quantitative estimate of drug-likeness (QED) is 0.476. The first-order chi connectivity index (χ1) is 9.25. The normalized spacial score (nSPS) is 11.8. The molecule has 3 amide bonds. The smallest absolute Gasteiger partial charge is 0.331 e. The van der Waals surface area contributed by atoms with Gasteiger partial charge in [-0.1, -0.05) is 13.8 Å². The molecule has 7 nitrogen and oxygen atoms in total. The molecule has 0 saturated heterocycles. The van der Waals surface area contributed by atoms with Crippen molar-refractivity contribution in [2.75, 3.05) is 19.8 Å². The maximum Gasteiger partial charge on any atom is 0.331 e. The second-order valence-electron chi connectivity index (χ2n) is 4.73. The van der Waals surface area contributed by atoms with Gasteiger partial charge in [0.2, 0.25) is 0 Å². The van der Waals surface area contributed by atoms with Crippen molar-refractivity contribution in [3.8, 4) is 0 Å². The third-order valence-corrected chi connectivity index (χ3v) is 2.43. The lowest BCUT2D eigenvalue weighted by molar-refractivity contribution is -0.133. The number of nitrogens with one attached hydrogen (secondary N) is 2. The summed E-state index contributed by atoms with van der Waals surface area (Å²) in [5, 5.41) is 13.2. The summed E-state index contributed by atoms with van der Waals surface area (Å²) in [4.78, 5) is 33.6. The van der Waals surface area contributed by atoms with Gasteiger partial charge in [0.25, 0.3) is 5.91 Å². The Bertz CT molecular complexity index is 402. The molecule has 0 aliphatic carbocycles. The van der Waals surface area contributed by atoms with Crippen molar-refractivity contribution in [2.45, 2.75) is 27.7 Å². The van der Waals surface area contributed by atoms with E-state index >= 15 is 0 Å². The second kappa shape index (κ2) is 9.08. The van der Waals surface area contributed by atoms with Crippen molar-refractivity contribution in [1.82, 2.24) is 10.6 Å². The molecule has 0 aromatic carbocycles. The Hall–Kier alpha value is -1.89. The summed E-state index contributed by atoms with van der Waals surface area (Å²) >= 11 is 0. The molecule has 0 aromatic rings. The Labute approximate surface area is 118 Å². The van der Waals surface area contributed by atoms with E-state index < -0.39 is 17.9 Å². The lowest BCUT2D eigenvalue weighted by atomic mass is 10.1. The van der Waals surface area contributed by atoms with Crippen LogP contribution in [0.2, 0.25) is 0 Å². The molecule has 114 valence electrons. The van der Waals surface area contributed by atoms with Gasteiger partial charge in [-0.15, -0.1) is 0 Å². The number of carboxylic acids is 1. The van der Waals surface area contributed by atoms with Gasteiger partial charge in [0.1, 0.15) is 0 Å². The van der Waals surface area contributed by atoms with Gasteiger partial charge < -0.3 is 15.2 Å². The van der Waals surface area contributed by atoms with Crippen LogP contribution >= 0.6 is 0 Å². The van der Waals surface area contributed by atoms with Crippen molar-refractivity contribution < 1.29 is 24.2 Å². The Morgan fingerprint density at radius 1 is 1.15 bits per heavy atom. The lowest BCUT2D eigenvalue weighted by Gasteiger charge is -2.09. The molecule has 3 N–H and O–H groups in total. The molecule has 0 aromatic heterocycles. The van der Waals surface area contributed by atoms with E-state index in [1.807, 2.05) is 19.2 Å². The number of urea groups is 1. The minimum atomic E-state index is -1.19. The molecule has 0 radical (unpaired) electrons. The topological polar surface area (TPSA) is 105 Å². The van der Waals surface area contributed by atoms with Crippen LogP contribution in [0.4, 0.5) is 4.79 Å². The van der Waals surface area contributed by atoms with Gasteiger partial charge in [-0.3, -0.25) is 10.1 Å². The molecule has 0 aliphatic rings. The number of rotatable bonds is 7. The van der Waals surface area contributed by atoms with Crippen LogP contribution in [0.3, 0.4) is 0 Å². The van der Waals surface area contributed by atoms with Crippen LogP contribution in [0, 0.1) is 5.92 Å². The van der Waals surface area contributed by atoms with Crippen LogP contribution in [-0.2, 0) is 14.3 Å². The molecule has 0 saturated carbocycles. The van der Waals surface area contributed by atoms with Crippen LogP contribution in [0.5, 0.6) is 0 Å². The minimum absolute atomic E-state index is 0.0105. The molecule has 0 heterocycles. The third-order valence-electron chi connectivity index (χ3n) is 2.43. The zero-order valence-electron chi connectivity index (χ0n) is 12.3. The van der Waals surface area contributed by atoms with E-state index in [2.05, 4.69) is 5.32 Å². The fraction of sp³-hybridized carbons (Fsp3) is 0.615. The van der Waals surface area contributed by atoms with Crippen molar-refractivity contribution >= 4 is 17.9 Å². The van der Waals surface area contributed by atoms with E-state index in [1.54, 1.807) is 0 Å². The third kappa shape index (κ3) is 7.52. The summed E-state index contributed by atoms with van der Waals surface area (Å²) < 4.78 is 5.25. The molecular formula is C13H22N2O5. The summed E-state index contributed by atoms with van der Waals surface area (Å²) in [7, 11) is 0. The largest absolute Gasteiger partial charge is 0.478 e. The zero-order valence-corrected chi connectivity index (χ0v) is 12.3. The highest BCUT2D eigenvalue weighted by Crippen LogP contribution is 2.03. The van der Waals surface area contributed by atoms with Crippen LogP contribution in [-0.4, -0.2) is 42.8 Å². The van der Waals surface area contributed by atoms with Gasteiger partial charge in [-0.25, -0.2) is 9.59 Å². The van der Waals surface area contributed by atoms with Crippen LogP contribution < -0.4 is 10.6 Å². The van der Waals surface area contributed by atoms with Crippen LogP contribution in [0.1, 0.15) is 27.7 Å². The lowest BCUT2D eigenvalue weighted by Crippen LogP contribution is -2.41. The molecule has 0 aliphatic heterocycles. The summed E-state index contributed by atoms with van der Waals surface area (Å²) in [6.07, 6.45) is 0. The highest BCUT2D eigenvalue weighted by Gasteiger charge is 2.14. The summed E-state index contributed by atoms with van der Waals surface area (Å²) in [6.45, 7) is 7.89. The zero-order chi connectivity index (χ0) is 15.7. The van der Waals surface area contributed by atoms with Crippen LogP contribution in [0.15, 0.2) is 11.1 Å². The average molecular weight is 286 g/mol. The Morgan fingerprint density at radius 2 is 1.75 bits per heavy atom. The fourth-order valence-corrected chi connectivity index (χ4v) is 1.13. The predicted molar refractivity (Wildman–Crippen MR) is 73.2 cm³/mol. The molecule has 0 fully saturated rings. The fourth-order valence-electron chi connectivity index (χ4n) is 1.13. The van der Waals surface area contributed by atoms with E-state index in [0.29, 0.717) is 19.1 Å². The first kappa shape index (κ1) is 18.1. The Balaban J connectivity index is 4.07. The number of aliphatic carboxylic acids is 1. The maximum atomic E-state index is 11.6. The van der Waals surface area contributed by atoms with Gasteiger partial charge in [0.05, 0.1) is 6.61 Å². The molecule has 0 spiro atoms. The van der Waals surface area contributed by atoms with E-state index in [4.69, 9.17) is 9.84 Å². The highest BCUT2D eigenvalue weighted by atomic mass is 16.5. The number of imide groups is 1. The molecule has 0 bridgehead atoms. The van der Waals surface area contributed by atoms with Crippen molar-refractivity contribution in [3.63, 3.8) is 0 Å². The number of carbonyl (C=O) groups excluding carboxylic acids is 2. The number of hydrogen-bond donors (Lipinski definition) is 3. The second-order valence-corrected chi connectivity index (χ2v) is 4.73. The first-order valence-electron chi connectivity index (χ1n) is 6.33. The number of amides is 3. The summed E-state index contributed by atoms with van der Waals surface area (Å²) in [6, 6.07) is -0.680. The Kier molecular flexibility index (Phi) is 8.23. The van der Waals surface area contributed by atoms with Gasteiger partial charge in [-0.2, -0.15) is 0 Å². The SMILES string of the molecule is CC(C(=O)O)=C(C)C(=O)NC(=O)NCCOCC(C)C. The molecule has 0 unspecified atom stereocenters. The Morgan fingerprint density at radius 3 is 2.25 bits per heavy atom. The summed E-state index contributed by atoms with van der Waals surface area (Å²) in [5.74, 6) is -1.51. The van der Waals surface area contributed by atoms with Crippen LogP contribution in [0.25, 0.3) is 0 Å².